The van der Waals surface area contributed by atoms with Crippen molar-refractivity contribution in [2.45, 2.75) is 0 Å². The molecule has 0 atom stereocenters. The molecule has 0 aromatic carbocycles. The summed E-state index contributed by atoms with van der Waals surface area (Å²) in [7, 11) is 0. The average molecular weight is 143 g/mol. The third-order valence-corrected chi connectivity index (χ3v) is 0. The fourth-order valence-electron chi connectivity index (χ4n) is 0. The van der Waals surface area contributed by atoms with Gasteiger partial charge in [-0.1, -0.05) is 0 Å². The molecule has 0 saturated heterocycles. The zero-order chi connectivity index (χ0) is 2.71. The van der Waals surface area contributed by atoms with E-state index in [1.165, 1.54) is 0 Å². The zero-order valence-corrected chi connectivity index (χ0v) is 6.20. The van der Waals surface area contributed by atoms with E-state index in [4.69, 9.17) is 0 Å². The van der Waals surface area contributed by atoms with E-state index in [2.05, 4.69) is 13.5 Å². The first kappa shape index (κ1) is 17.0. The maximum absolute atomic E-state index is 4.49. The normalized spacial score (nSPS) is 2.60. The third-order valence-electron chi connectivity index (χ3n) is 0. The van der Waals surface area contributed by atoms with Gasteiger partial charge in [-0.25, -0.2) is 6.92 Å². The molecule has 0 bridgehead atoms. The predicted molar refractivity (Wildman–Crippen MR) is 19.6 cm³/mol. The number of hydrogen-bond acceptors (Lipinski definition) is 0. The van der Waals surface area contributed by atoms with E-state index in [0.717, 1.165) is 0 Å². The Kier molecular flexibility index (Phi) is 71.4. The summed E-state index contributed by atoms with van der Waals surface area (Å²) >= 11 is 0. The van der Waals surface area contributed by atoms with Crippen molar-refractivity contribution in [3.8, 4) is 0 Å². The largest absolute Gasteiger partial charge is 0.505 e. The molecular formula is C4H6Y-2. The minimum atomic E-state index is 0. The standard InChI is InChI=1S/C3H3.CH3.Y/c1-3-2;;/h1H,2H2;1H3;/q2*-1;. The van der Waals surface area contributed by atoms with Gasteiger partial charge in [-0.05, 0) is 0 Å². The fraction of sp³-hybridized carbons (Fsp3) is 0. The molecule has 0 amide bonds. The van der Waals surface area contributed by atoms with Gasteiger partial charge >= 0.3 is 0 Å². The molecule has 0 aromatic heterocycles. The van der Waals surface area contributed by atoms with Gasteiger partial charge in [-0.3, -0.25) is 6.58 Å². The van der Waals surface area contributed by atoms with Crippen molar-refractivity contribution in [1.82, 2.24) is 0 Å². The minimum absolute atomic E-state index is 0. The van der Waals surface area contributed by atoms with E-state index in [0.29, 0.717) is 0 Å². The van der Waals surface area contributed by atoms with Crippen LogP contribution in [0.2, 0.25) is 0 Å². The predicted octanol–water partition coefficient (Wildman–Crippen LogP) is 1.13. The zero-order valence-electron chi connectivity index (χ0n) is 3.36. The van der Waals surface area contributed by atoms with E-state index in [1.807, 2.05) is 6.08 Å². The summed E-state index contributed by atoms with van der Waals surface area (Å²) in [6.07, 6.45) is 2.00. The molecule has 0 heterocycles. The van der Waals surface area contributed by atoms with Crippen LogP contribution < -0.4 is 0 Å². The van der Waals surface area contributed by atoms with Crippen LogP contribution in [-0.4, -0.2) is 0 Å². The molecule has 0 aliphatic carbocycles. The van der Waals surface area contributed by atoms with Crippen LogP contribution in [0.25, 0.3) is 0 Å². The van der Waals surface area contributed by atoms with Crippen LogP contribution in [0.1, 0.15) is 0 Å². The Hall–Kier alpha value is 0.844. The summed E-state index contributed by atoms with van der Waals surface area (Å²) in [6.45, 7) is 7.50. The van der Waals surface area contributed by atoms with E-state index in [9.17, 15) is 0 Å². The molecule has 0 fully saturated rings. The molecule has 0 N–H and O–H groups in total. The molecule has 0 unspecified atom stereocenters. The number of hydrogen-bond donors (Lipinski definition) is 0. The Morgan fingerprint density at radius 2 is 1.60 bits per heavy atom. The first-order valence-electron chi connectivity index (χ1n) is 0.642. The minimum Gasteiger partial charge on any atom is -0.505 e. The Morgan fingerprint density at radius 3 is 1.60 bits per heavy atom. The van der Waals surface area contributed by atoms with Crippen LogP contribution in [0.5, 0.6) is 0 Å². The molecule has 0 aliphatic rings. The topological polar surface area (TPSA) is 0 Å². The van der Waals surface area contributed by atoms with Crippen molar-refractivity contribution >= 4 is 0 Å². The Balaban J connectivity index is -0.0000000200. The van der Waals surface area contributed by atoms with Gasteiger partial charge in [0.05, 0.1) is 0 Å². The molecule has 0 spiro atoms. The molecule has 0 saturated carbocycles. The Bertz CT molecular complexity index is 11.1. The van der Waals surface area contributed by atoms with Gasteiger partial charge in [0.15, 0.2) is 0 Å². The maximum atomic E-state index is 4.49. The summed E-state index contributed by atoms with van der Waals surface area (Å²) in [5, 5.41) is 0. The summed E-state index contributed by atoms with van der Waals surface area (Å²) in [6, 6.07) is 0. The molecule has 0 rings (SSSR count). The van der Waals surface area contributed by atoms with Crippen molar-refractivity contribution in [3.63, 3.8) is 0 Å². The quantitative estimate of drug-likeness (QED) is 0.446. The van der Waals surface area contributed by atoms with Crippen LogP contribution in [-0.2, 0) is 32.7 Å². The monoisotopic (exact) mass is 143 g/mol. The van der Waals surface area contributed by atoms with Crippen LogP contribution >= 0.6 is 0 Å². The van der Waals surface area contributed by atoms with Crippen LogP contribution in [0, 0.1) is 20.4 Å². The average Bonchev–Trinajstić information content (AvgIpc) is 0.918. The Morgan fingerprint density at radius 1 is 1.60 bits per heavy atom. The van der Waals surface area contributed by atoms with E-state index in [1.54, 1.807) is 0 Å². The van der Waals surface area contributed by atoms with Gasteiger partial charge in [0.2, 0.25) is 0 Å². The molecule has 0 aliphatic heterocycles. The molecule has 3 radical (unpaired) electrons. The summed E-state index contributed by atoms with van der Waals surface area (Å²) < 4.78 is 0. The van der Waals surface area contributed by atoms with Gasteiger partial charge in [0.25, 0.3) is 0 Å². The van der Waals surface area contributed by atoms with Gasteiger partial charge in [0.1, 0.15) is 0 Å². The van der Waals surface area contributed by atoms with Crippen molar-refractivity contribution in [1.29, 1.82) is 0 Å². The first-order valence-corrected chi connectivity index (χ1v) is 0.642. The second kappa shape index (κ2) is 21.1. The molecule has 0 nitrogen and oxygen atoms in total. The fourth-order valence-corrected chi connectivity index (χ4v) is 0. The molecule has 1 heteroatoms. The smallest absolute Gasteiger partial charge is 0 e. The van der Waals surface area contributed by atoms with E-state index < -0.39 is 0 Å². The maximum Gasteiger partial charge on any atom is 0 e. The van der Waals surface area contributed by atoms with Crippen LogP contribution in [0.4, 0.5) is 0 Å². The van der Waals surface area contributed by atoms with Crippen molar-refractivity contribution in [2.75, 3.05) is 0 Å². The molecule has 5 heavy (non-hydrogen) atoms. The summed E-state index contributed by atoms with van der Waals surface area (Å²) in [5.74, 6) is 0. The SMILES string of the molecule is [CH3-].[CH][C-]=C.[Y]. The van der Waals surface area contributed by atoms with Crippen molar-refractivity contribution in [3.05, 3.63) is 27.0 Å². The molecule has 27 valence electrons. The van der Waals surface area contributed by atoms with Crippen molar-refractivity contribution in [2.24, 2.45) is 0 Å². The van der Waals surface area contributed by atoms with E-state index in [-0.39, 0.29) is 40.1 Å². The first-order chi connectivity index (χ1) is 1.41. The van der Waals surface area contributed by atoms with Gasteiger partial charge < -0.3 is 13.5 Å². The molecular weight excluding hydrogens is 137 g/mol. The van der Waals surface area contributed by atoms with Gasteiger partial charge in [0, 0.05) is 32.7 Å². The van der Waals surface area contributed by atoms with Crippen molar-refractivity contribution < 1.29 is 32.7 Å². The van der Waals surface area contributed by atoms with Gasteiger partial charge in [-0.2, -0.15) is 0 Å². The van der Waals surface area contributed by atoms with Crippen LogP contribution in [0.3, 0.4) is 0 Å². The summed E-state index contributed by atoms with van der Waals surface area (Å²) in [4.78, 5) is 0. The Labute approximate surface area is 59.5 Å². The third kappa shape index (κ3) is 55.0. The van der Waals surface area contributed by atoms with Gasteiger partial charge in [-0.15, -0.1) is 0 Å². The van der Waals surface area contributed by atoms with E-state index >= 15 is 0 Å². The second-order valence-electron chi connectivity index (χ2n) is 0.204. The number of allylic oxidation sites excluding steroid dienone is 1. The second-order valence-corrected chi connectivity index (χ2v) is 0.204. The summed E-state index contributed by atoms with van der Waals surface area (Å²) in [5.41, 5.74) is 0. The molecule has 0 aromatic rings. The number of rotatable bonds is 0. The van der Waals surface area contributed by atoms with Crippen LogP contribution in [0.15, 0.2) is 6.58 Å².